The molecule has 2 rings (SSSR count). The number of rotatable bonds is 3. The van der Waals surface area contributed by atoms with Crippen molar-refractivity contribution in [2.24, 2.45) is 5.41 Å². The maximum atomic E-state index is 12.2. The fourth-order valence-corrected chi connectivity index (χ4v) is 2.86. The molecule has 0 bridgehead atoms. The number of hydrogen-bond donors (Lipinski definition) is 1. The minimum atomic E-state index is -0.137. The number of nitrogens with zero attached hydrogens (tertiary/aromatic N) is 2. The Hall–Kier alpha value is -1.75. The van der Waals surface area contributed by atoms with Crippen LogP contribution >= 0.6 is 11.3 Å². The van der Waals surface area contributed by atoms with Crippen LogP contribution in [0.2, 0.25) is 0 Å². The molecule has 1 heterocycles. The zero-order valence-corrected chi connectivity index (χ0v) is 13.0. The van der Waals surface area contributed by atoms with E-state index in [2.05, 4.69) is 36.3 Å². The van der Waals surface area contributed by atoms with Crippen molar-refractivity contribution in [1.29, 1.82) is 0 Å². The van der Waals surface area contributed by atoms with Crippen molar-refractivity contribution in [2.45, 2.75) is 34.1 Å². The van der Waals surface area contributed by atoms with Crippen LogP contribution in [-0.2, 0) is 6.42 Å². The van der Waals surface area contributed by atoms with Gasteiger partial charge in [-0.25, -0.2) is 0 Å². The highest BCUT2D eigenvalue weighted by molar-refractivity contribution is 7.15. The molecule has 5 heteroatoms. The van der Waals surface area contributed by atoms with Crippen molar-refractivity contribution >= 4 is 22.4 Å². The lowest BCUT2D eigenvalue weighted by Gasteiger charge is -2.14. The number of aryl methyl sites for hydroxylation is 1. The van der Waals surface area contributed by atoms with Gasteiger partial charge in [0.25, 0.3) is 5.91 Å². The Labute approximate surface area is 123 Å². The number of anilines is 1. The summed E-state index contributed by atoms with van der Waals surface area (Å²) in [5.41, 5.74) is 1.78. The Morgan fingerprint density at radius 1 is 1.25 bits per heavy atom. The fourth-order valence-electron chi connectivity index (χ4n) is 1.82. The molecule has 20 heavy (non-hydrogen) atoms. The third-order valence-electron chi connectivity index (χ3n) is 2.76. The number of carbonyl (C=O) groups excluding carboxylic acids is 1. The largest absolute Gasteiger partial charge is 0.296 e. The fraction of sp³-hybridized carbons (Fsp3) is 0.400. The zero-order chi connectivity index (χ0) is 14.8. The predicted molar refractivity (Wildman–Crippen MR) is 82.2 cm³/mol. The molecule has 1 aromatic heterocycles. The second-order valence-electron chi connectivity index (χ2n) is 6.01. The molecule has 4 nitrogen and oxygen atoms in total. The number of nitrogens with one attached hydrogen (secondary N) is 1. The van der Waals surface area contributed by atoms with E-state index in [1.807, 2.05) is 31.2 Å². The van der Waals surface area contributed by atoms with E-state index < -0.39 is 0 Å². The molecule has 1 N–H and O–H groups in total. The summed E-state index contributed by atoms with van der Waals surface area (Å²) in [6.45, 7) is 8.37. The summed E-state index contributed by atoms with van der Waals surface area (Å²) in [4.78, 5) is 12.2. The van der Waals surface area contributed by atoms with E-state index in [1.54, 1.807) is 0 Å². The first-order valence-electron chi connectivity index (χ1n) is 6.54. The minimum Gasteiger partial charge on any atom is -0.296 e. The molecule has 0 aliphatic heterocycles. The molecule has 1 aromatic carbocycles. The topological polar surface area (TPSA) is 54.9 Å². The molecule has 0 radical (unpaired) electrons. The van der Waals surface area contributed by atoms with E-state index in [0.29, 0.717) is 10.7 Å². The van der Waals surface area contributed by atoms with E-state index in [4.69, 9.17) is 0 Å². The van der Waals surface area contributed by atoms with E-state index in [-0.39, 0.29) is 11.3 Å². The Morgan fingerprint density at radius 2 is 1.95 bits per heavy atom. The Balaban J connectivity index is 2.08. The van der Waals surface area contributed by atoms with Gasteiger partial charge < -0.3 is 0 Å². The smallest absolute Gasteiger partial charge is 0.257 e. The molecular weight excluding hydrogens is 270 g/mol. The normalized spacial score (nSPS) is 11.4. The number of aromatic nitrogens is 2. The molecule has 0 aliphatic carbocycles. The van der Waals surface area contributed by atoms with Crippen molar-refractivity contribution in [3.8, 4) is 0 Å². The van der Waals surface area contributed by atoms with Gasteiger partial charge in [-0.1, -0.05) is 50.3 Å². The average molecular weight is 289 g/mol. The highest BCUT2D eigenvalue weighted by Crippen LogP contribution is 2.25. The van der Waals surface area contributed by atoms with Gasteiger partial charge in [0.15, 0.2) is 0 Å². The Morgan fingerprint density at radius 3 is 2.60 bits per heavy atom. The Bertz CT molecular complexity index is 614. The number of hydrogen-bond acceptors (Lipinski definition) is 4. The van der Waals surface area contributed by atoms with Gasteiger partial charge in [-0.2, -0.15) is 0 Å². The third kappa shape index (κ3) is 3.87. The minimum absolute atomic E-state index is 0.137. The Kier molecular flexibility index (Phi) is 4.18. The van der Waals surface area contributed by atoms with Gasteiger partial charge in [0.05, 0.1) is 0 Å². The van der Waals surface area contributed by atoms with Crippen LogP contribution in [0.1, 0.15) is 41.7 Å². The van der Waals surface area contributed by atoms with Gasteiger partial charge in [0.2, 0.25) is 5.13 Å². The number of amides is 1. The molecule has 0 atom stereocenters. The van der Waals surface area contributed by atoms with Crippen LogP contribution in [0.5, 0.6) is 0 Å². The summed E-state index contributed by atoms with van der Waals surface area (Å²) in [5, 5.41) is 12.5. The standard InChI is InChI=1S/C15H19N3OS/c1-10-7-5-6-8-11(10)13(19)16-14-18-17-12(20-14)9-15(2,3)4/h5-8H,9H2,1-4H3,(H,16,18,19). The molecule has 0 saturated carbocycles. The quantitative estimate of drug-likeness (QED) is 0.937. The van der Waals surface area contributed by atoms with E-state index >= 15 is 0 Å². The number of benzene rings is 1. The molecule has 0 saturated heterocycles. The lowest BCUT2D eigenvalue weighted by molar-refractivity contribution is 0.102. The van der Waals surface area contributed by atoms with Crippen molar-refractivity contribution in [3.63, 3.8) is 0 Å². The molecule has 0 aliphatic rings. The van der Waals surface area contributed by atoms with Gasteiger partial charge in [0, 0.05) is 12.0 Å². The van der Waals surface area contributed by atoms with Crippen LogP contribution in [-0.4, -0.2) is 16.1 Å². The molecule has 0 fully saturated rings. The maximum Gasteiger partial charge on any atom is 0.257 e. The molecule has 2 aromatic rings. The van der Waals surface area contributed by atoms with Crippen LogP contribution in [0.15, 0.2) is 24.3 Å². The second-order valence-corrected chi connectivity index (χ2v) is 7.07. The number of carbonyl (C=O) groups is 1. The van der Waals surface area contributed by atoms with Crippen molar-refractivity contribution < 1.29 is 4.79 Å². The SMILES string of the molecule is Cc1ccccc1C(=O)Nc1nnc(CC(C)(C)C)s1. The van der Waals surface area contributed by atoms with E-state index in [9.17, 15) is 4.79 Å². The van der Waals surface area contributed by atoms with Crippen molar-refractivity contribution in [2.75, 3.05) is 5.32 Å². The van der Waals surface area contributed by atoms with Crippen LogP contribution in [0.4, 0.5) is 5.13 Å². The van der Waals surface area contributed by atoms with Crippen molar-refractivity contribution in [1.82, 2.24) is 10.2 Å². The van der Waals surface area contributed by atoms with Gasteiger partial charge >= 0.3 is 0 Å². The molecule has 106 valence electrons. The summed E-state index contributed by atoms with van der Waals surface area (Å²) in [7, 11) is 0. The molecular formula is C15H19N3OS. The third-order valence-corrected chi connectivity index (χ3v) is 3.60. The first kappa shape index (κ1) is 14.7. The second kappa shape index (κ2) is 5.71. The molecule has 0 unspecified atom stereocenters. The van der Waals surface area contributed by atoms with Gasteiger partial charge in [-0.3, -0.25) is 10.1 Å². The summed E-state index contributed by atoms with van der Waals surface area (Å²) in [6.07, 6.45) is 0.852. The highest BCUT2D eigenvalue weighted by atomic mass is 32.1. The van der Waals surface area contributed by atoms with Gasteiger partial charge in [0.1, 0.15) is 5.01 Å². The molecule has 0 spiro atoms. The van der Waals surface area contributed by atoms with Gasteiger partial charge in [-0.15, -0.1) is 10.2 Å². The average Bonchev–Trinajstić information content (AvgIpc) is 2.74. The first-order valence-corrected chi connectivity index (χ1v) is 7.36. The van der Waals surface area contributed by atoms with Crippen LogP contribution in [0, 0.1) is 12.3 Å². The van der Waals surface area contributed by atoms with Crippen LogP contribution < -0.4 is 5.32 Å². The predicted octanol–water partition coefficient (Wildman–Crippen LogP) is 3.69. The first-order chi connectivity index (χ1) is 9.35. The van der Waals surface area contributed by atoms with Crippen molar-refractivity contribution in [3.05, 3.63) is 40.4 Å². The summed E-state index contributed by atoms with van der Waals surface area (Å²) < 4.78 is 0. The lowest BCUT2D eigenvalue weighted by Crippen LogP contribution is -2.12. The van der Waals surface area contributed by atoms with E-state index in [1.165, 1.54) is 11.3 Å². The highest BCUT2D eigenvalue weighted by Gasteiger charge is 2.16. The summed E-state index contributed by atoms with van der Waals surface area (Å²) >= 11 is 1.43. The van der Waals surface area contributed by atoms with Gasteiger partial charge in [-0.05, 0) is 24.0 Å². The maximum absolute atomic E-state index is 12.2. The van der Waals surface area contributed by atoms with Crippen LogP contribution in [0.25, 0.3) is 0 Å². The van der Waals surface area contributed by atoms with Crippen LogP contribution in [0.3, 0.4) is 0 Å². The van der Waals surface area contributed by atoms with E-state index in [0.717, 1.165) is 17.0 Å². The summed E-state index contributed by atoms with van der Waals surface area (Å²) in [6, 6.07) is 7.49. The monoisotopic (exact) mass is 289 g/mol. The molecule has 1 amide bonds. The zero-order valence-electron chi connectivity index (χ0n) is 12.2. The lowest BCUT2D eigenvalue weighted by atomic mass is 9.93. The summed E-state index contributed by atoms with van der Waals surface area (Å²) in [5.74, 6) is -0.137.